The molecule has 1 aliphatic carbocycles. The van der Waals surface area contributed by atoms with E-state index in [1.165, 1.54) is 19.2 Å². The Balaban J connectivity index is 1.41. The van der Waals surface area contributed by atoms with Crippen molar-refractivity contribution in [3.63, 3.8) is 0 Å². The molecule has 0 radical (unpaired) electrons. The van der Waals surface area contributed by atoms with E-state index in [-0.39, 0.29) is 5.92 Å². The second-order valence-electron chi connectivity index (χ2n) is 7.39. The predicted octanol–water partition coefficient (Wildman–Crippen LogP) is 1.83. The van der Waals surface area contributed by atoms with Crippen LogP contribution in [0.1, 0.15) is 63.0 Å². The molecule has 1 saturated carbocycles. The highest BCUT2D eigenvalue weighted by Crippen LogP contribution is 2.31. The maximum absolute atomic E-state index is 12.6. The number of carbonyl (C=O) groups excluding carboxylic acids is 1. The Kier molecular flexibility index (Phi) is 4.99. The van der Waals surface area contributed by atoms with Crippen molar-refractivity contribution >= 4 is 5.91 Å². The van der Waals surface area contributed by atoms with Gasteiger partial charge in [0.15, 0.2) is 5.82 Å². The van der Waals surface area contributed by atoms with Crippen LogP contribution in [-0.4, -0.2) is 53.4 Å². The second-order valence-corrected chi connectivity index (χ2v) is 7.39. The Morgan fingerprint density at radius 1 is 1.15 bits per heavy atom. The van der Waals surface area contributed by atoms with E-state index in [0.717, 1.165) is 57.0 Å². The third-order valence-corrected chi connectivity index (χ3v) is 5.82. The van der Waals surface area contributed by atoms with Gasteiger partial charge in [-0.3, -0.25) is 4.79 Å². The van der Waals surface area contributed by atoms with E-state index in [0.29, 0.717) is 18.4 Å². The maximum atomic E-state index is 12.6. The highest BCUT2D eigenvalue weighted by molar-refractivity contribution is 5.79. The first kappa shape index (κ1) is 17.2. The van der Waals surface area contributed by atoms with Gasteiger partial charge in [0.1, 0.15) is 25.0 Å². The Bertz CT molecular complexity index is 725. The minimum Gasteiger partial charge on any atom is -0.342 e. The summed E-state index contributed by atoms with van der Waals surface area (Å²) in [4.78, 5) is 18.7. The molecule has 2 aromatic rings. The molecule has 8 heteroatoms. The minimum atomic E-state index is 0.278. The van der Waals surface area contributed by atoms with Gasteiger partial charge >= 0.3 is 0 Å². The molecule has 140 valence electrons. The monoisotopic (exact) mass is 357 g/mol. The van der Waals surface area contributed by atoms with E-state index in [2.05, 4.69) is 36.7 Å². The average molecular weight is 357 g/mol. The number of amides is 1. The van der Waals surface area contributed by atoms with Gasteiger partial charge in [0.25, 0.3) is 0 Å². The van der Waals surface area contributed by atoms with Crippen LogP contribution in [0.5, 0.6) is 0 Å². The topological polar surface area (TPSA) is 81.7 Å². The average Bonchev–Trinajstić information content (AvgIpc) is 3.43. The van der Waals surface area contributed by atoms with Crippen molar-refractivity contribution in [3.8, 4) is 0 Å². The largest absolute Gasteiger partial charge is 0.342 e. The first-order valence-corrected chi connectivity index (χ1v) is 9.79. The molecule has 0 spiro atoms. The van der Waals surface area contributed by atoms with E-state index < -0.39 is 0 Å². The number of nitrogens with zero attached hydrogens (tertiary/aromatic N) is 7. The maximum Gasteiger partial charge on any atom is 0.225 e. The van der Waals surface area contributed by atoms with Crippen molar-refractivity contribution in [1.82, 2.24) is 34.4 Å². The lowest BCUT2D eigenvalue weighted by Crippen LogP contribution is -2.41. The van der Waals surface area contributed by atoms with Gasteiger partial charge in [-0.2, -0.15) is 5.10 Å². The van der Waals surface area contributed by atoms with Crippen LogP contribution in [0.3, 0.4) is 0 Å². The first-order chi connectivity index (χ1) is 12.8. The number of hydrogen-bond donors (Lipinski definition) is 0. The van der Waals surface area contributed by atoms with Crippen LogP contribution in [-0.2, 0) is 17.9 Å². The standard InChI is InChI=1S/C18H27N7O/c1-2-25-16(11-24-13-19-12-20-24)21-22-17(25)14-7-9-23(10-8-14)18(26)15-5-3-4-6-15/h12-15H,2-11H2,1H3. The minimum absolute atomic E-state index is 0.278. The molecule has 2 aliphatic rings. The van der Waals surface area contributed by atoms with Crippen LogP contribution in [0, 0.1) is 5.92 Å². The molecule has 0 bridgehead atoms. The van der Waals surface area contributed by atoms with Gasteiger partial charge < -0.3 is 9.47 Å². The number of likely N-dealkylation sites (tertiary alicyclic amines) is 1. The van der Waals surface area contributed by atoms with Crippen LogP contribution >= 0.6 is 0 Å². The molecule has 8 nitrogen and oxygen atoms in total. The van der Waals surface area contributed by atoms with Crippen molar-refractivity contribution < 1.29 is 4.79 Å². The summed E-state index contributed by atoms with van der Waals surface area (Å²) in [5, 5.41) is 13.0. The molecule has 4 rings (SSSR count). The lowest BCUT2D eigenvalue weighted by molar-refractivity contribution is -0.136. The number of aromatic nitrogens is 6. The third-order valence-electron chi connectivity index (χ3n) is 5.82. The van der Waals surface area contributed by atoms with Crippen molar-refractivity contribution in [2.75, 3.05) is 13.1 Å². The zero-order chi connectivity index (χ0) is 17.9. The van der Waals surface area contributed by atoms with E-state index >= 15 is 0 Å². The summed E-state index contributed by atoms with van der Waals surface area (Å²) in [6.07, 6.45) is 9.75. The molecular formula is C18H27N7O. The van der Waals surface area contributed by atoms with Gasteiger partial charge in [-0.15, -0.1) is 10.2 Å². The van der Waals surface area contributed by atoms with Crippen molar-refractivity contribution in [2.24, 2.45) is 5.92 Å². The molecular weight excluding hydrogens is 330 g/mol. The van der Waals surface area contributed by atoms with Gasteiger partial charge in [0.2, 0.25) is 5.91 Å². The molecule has 1 aliphatic heterocycles. The van der Waals surface area contributed by atoms with Crippen LogP contribution in [0.4, 0.5) is 0 Å². The van der Waals surface area contributed by atoms with Gasteiger partial charge in [0.05, 0.1) is 0 Å². The second kappa shape index (κ2) is 7.55. The summed E-state index contributed by atoms with van der Waals surface area (Å²) in [5.74, 6) is 3.00. The Morgan fingerprint density at radius 2 is 1.92 bits per heavy atom. The summed E-state index contributed by atoms with van der Waals surface area (Å²) in [6.45, 7) is 5.23. The molecule has 0 atom stereocenters. The number of carbonyl (C=O) groups is 1. The summed E-state index contributed by atoms with van der Waals surface area (Å²) in [6, 6.07) is 0. The Hall–Kier alpha value is -2.25. The summed E-state index contributed by atoms with van der Waals surface area (Å²) >= 11 is 0. The number of hydrogen-bond acceptors (Lipinski definition) is 5. The van der Waals surface area contributed by atoms with Crippen LogP contribution in [0.25, 0.3) is 0 Å². The van der Waals surface area contributed by atoms with Crippen LogP contribution in [0.15, 0.2) is 12.7 Å². The summed E-state index contributed by atoms with van der Waals surface area (Å²) < 4.78 is 3.96. The highest BCUT2D eigenvalue weighted by atomic mass is 16.2. The number of piperidine rings is 1. The van der Waals surface area contributed by atoms with Crippen molar-refractivity contribution in [1.29, 1.82) is 0 Å². The van der Waals surface area contributed by atoms with Crippen molar-refractivity contribution in [2.45, 2.75) is 64.5 Å². The molecule has 3 heterocycles. The molecule has 0 unspecified atom stereocenters. The molecule has 2 aromatic heterocycles. The molecule has 1 amide bonds. The lowest BCUT2D eigenvalue weighted by atomic mass is 9.94. The summed E-state index contributed by atoms with van der Waals surface area (Å²) in [5.41, 5.74) is 0. The fourth-order valence-electron chi connectivity index (χ4n) is 4.36. The van der Waals surface area contributed by atoms with Gasteiger partial charge in [-0.25, -0.2) is 9.67 Å². The van der Waals surface area contributed by atoms with Gasteiger partial charge in [-0.1, -0.05) is 12.8 Å². The van der Waals surface area contributed by atoms with Gasteiger partial charge in [-0.05, 0) is 32.6 Å². The Morgan fingerprint density at radius 3 is 2.58 bits per heavy atom. The normalized spacial score (nSPS) is 19.3. The smallest absolute Gasteiger partial charge is 0.225 e. The fourth-order valence-corrected chi connectivity index (χ4v) is 4.36. The van der Waals surface area contributed by atoms with Gasteiger partial charge in [0, 0.05) is 31.5 Å². The number of rotatable bonds is 5. The van der Waals surface area contributed by atoms with E-state index in [1.807, 2.05) is 0 Å². The third kappa shape index (κ3) is 3.37. The summed E-state index contributed by atoms with van der Waals surface area (Å²) in [7, 11) is 0. The highest BCUT2D eigenvalue weighted by Gasteiger charge is 2.32. The van der Waals surface area contributed by atoms with E-state index in [1.54, 1.807) is 11.0 Å². The molecule has 0 aromatic carbocycles. The van der Waals surface area contributed by atoms with Crippen molar-refractivity contribution in [3.05, 3.63) is 24.3 Å². The SMILES string of the molecule is CCn1c(Cn2cncn2)nnc1C1CCN(C(=O)C2CCCC2)CC1. The zero-order valence-electron chi connectivity index (χ0n) is 15.4. The molecule has 0 N–H and O–H groups in total. The molecule has 2 fully saturated rings. The van der Waals surface area contributed by atoms with Crippen LogP contribution < -0.4 is 0 Å². The molecule has 1 saturated heterocycles. The Labute approximate surface area is 153 Å². The predicted molar refractivity (Wildman–Crippen MR) is 95.3 cm³/mol. The first-order valence-electron chi connectivity index (χ1n) is 9.79. The lowest BCUT2D eigenvalue weighted by Gasteiger charge is -2.33. The molecule has 26 heavy (non-hydrogen) atoms. The quantitative estimate of drug-likeness (QED) is 0.815. The zero-order valence-corrected chi connectivity index (χ0v) is 15.4. The van der Waals surface area contributed by atoms with E-state index in [4.69, 9.17) is 0 Å². The van der Waals surface area contributed by atoms with E-state index in [9.17, 15) is 4.79 Å². The fraction of sp³-hybridized carbons (Fsp3) is 0.722. The van der Waals surface area contributed by atoms with Crippen LogP contribution in [0.2, 0.25) is 0 Å².